The molecule has 1 saturated carbocycles. The molecule has 6 heteroatoms. The first-order chi connectivity index (χ1) is 10.1. The summed E-state index contributed by atoms with van der Waals surface area (Å²) in [5.74, 6) is 0.988. The first-order valence-corrected chi connectivity index (χ1v) is 7.10. The molecule has 1 aromatic heterocycles. The zero-order valence-corrected chi connectivity index (χ0v) is 11.8. The summed E-state index contributed by atoms with van der Waals surface area (Å²) >= 11 is 0. The van der Waals surface area contributed by atoms with Gasteiger partial charge in [-0.15, -0.1) is 0 Å². The fourth-order valence-corrected chi connectivity index (χ4v) is 2.35. The van der Waals surface area contributed by atoms with Gasteiger partial charge in [0.15, 0.2) is 12.0 Å². The van der Waals surface area contributed by atoms with Gasteiger partial charge in [0.2, 0.25) is 11.9 Å². The van der Waals surface area contributed by atoms with Crippen molar-refractivity contribution in [2.24, 2.45) is 5.92 Å². The highest BCUT2D eigenvalue weighted by atomic mass is 19.1. The molecule has 0 bridgehead atoms. The van der Waals surface area contributed by atoms with Crippen molar-refractivity contribution < 1.29 is 4.39 Å². The van der Waals surface area contributed by atoms with Crippen molar-refractivity contribution >= 4 is 11.9 Å². The van der Waals surface area contributed by atoms with Gasteiger partial charge >= 0.3 is 0 Å². The van der Waals surface area contributed by atoms with Crippen LogP contribution in [-0.2, 0) is 0 Å². The van der Waals surface area contributed by atoms with Crippen molar-refractivity contribution in [2.75, 3.05) is 11.1 Å². The third-order valence-electron chi connectivity index (χ3n) is 3.56. The second kappa shape index (κ2) is 5.63. The van der Waals surface area contributed by atoms with Crippen LogP contribution in [-0.4, -0.2) is 15.0 Å². The molecule has 0 aliphatic heterocycles. The number of nitrogens with zero attached hydrogens (tertiary/aromatic N) is 3. The molecule has 3 rings (SSSR count). The summed E-state index contributed by atoms with van der Waals surface area (Å²) < 4.78 is 13.4. The summed E-state index contributed by atoms with van der Waals surface area (Å²) in [5, 5.41) is 3.28. The van der Waals surface area contributed by atoms with Crippen LogP contribution in [0.4, 0.5) is 16.3 Å². The van der Waals surface area contributed by atoms with E-state index in [0.29, 0.717) is 11.9 Å². The summed E-state index contributed by atoms with van der Waals surface area (Å²) in [6, 6.07) is 10.2. The van der Waals surface area contributed by atoms with Crippen molar-refractivity contribution in [1.82, 2.24) is 15.0 Å². The quantitative estimate of drug-likeness (QED) is 0.884. The molecule has 1 aliphatic rings. The SMILES string of the molecule is CC(F)c1nc(N)nc(NC(c2ccccc2)C2CC2)n1. The Morgan fingerprint density at radius 2 is 1.90 bits per heavy atom. The molecule has 1 aromatic carbocycles. The molecule has 2 aromatic rings. The maximum Gasteiger partial charge on any atom is 0.228 e. The number of anilines is 2. The number of hydrogen-bond acceptors (Lipinski definition) is 5. The number of halogens is 1. The van der Waals surface area contributed by atoms with Crippen molar-refractivity contribution in [1.29, 1.82) is 0 Å². The molecule has 1 heterocycles. The Balaban J connectivity index is 1.86. The number of hydrogen-bond donors (Lipinski definition) is 2. The maximum absolute atomic E-state index is 13.4. The van der Waals surface area contributed by atoms with E-state index in [1.165, 1.54) is 25.3 Å². The van der Waals surface area contributed by atoms with E-state index in [4.69, 9.17) is 5.73 Å². The number of nitrogens with two attached hydrogens (primary N) is 1. The van der Waals surface area contributed by atoms with Gasteiger partial charge in [0.1, 0.15) is 0 Å². The molecule has 5 nitrogen and oxygen atoms in total. The number of aromatic nitrogens is 3. The molecule has 2 atom stereocenters. The maximum atomic E-state index is 13.4. The predicted molar refractivity (Wildman–Crippen MR) is 79.3 cm³/mol. The summed E-state index contributed by atoms with van der Waals surface area (Å²) in [7, 11) is 0. The first-order valence-electron chi connectivity index (χ1n) is 7.10. The van der Waals surface area contributed by atoms with Crippen molar-refractivity contribution in [3.63, 3.8) is 0 Å². The molecule has 0 saturated heterocycles. The lowest BCUT2D eigenvalue weighted by molar-refractivity contribution is 0.356. The van der Waals surface area contributed by atoms with Crippen LogP contribution in [0.15, 0.2) is 30.3 Å². The highest BCUT2D eigenvalue weighted by Crippen LogP contribution is 2.42. The Morgan fingerprint density at radius 1 is 1.19 bits per heavy atom. The van der Waals surface area contributed by atoms with E-state index in [9.17, 15) is 4.39 Å². The van der Waals surface area contributed by atoms with Crippen LogP contribution in [0.25, 0.3) is 0 Å². The second-order valence-electron chi connectivity index (χ2n) is 5.36. The van der Waals surface area contributed by atoms with Crippen LogP contribution in [0.2, 0.25) is 0 Å². The predicted octanol–water partition coefficient (Wildman–Crippen LogP) is 3.05. The van der Waals surface area contributed by atoms with E-state index in [0.717, 1.165) is 0 Å². The fourth-order valence-electron chi connectivity index (χ4n) is 2.35. The number of rotatable bonds is 5. The number of alkyl halides is 1. The molecule has 110 valence electrons. The molecule has 2 unspecified atom stereocenters. The van der Waals surface area contributed by atoms with Gasteiger partial charge in [-0.05, 0) is 31.2 Å². The van der Waals surface area contributed by atoms with E-state index in [1.807, 2.05) is 18.2 Å². The molecule has 0 amide bonds. The van der Waals surface area contributed by atoms with Crippen LogP contribution in [0.3, 0.4) is 0 Å². The van der Waals surface area contributed by atoms with Gasteiger partial charge in [0.25, 0.3) is 0 Å². The normalized spacial score (nSPS) is 17.2. The summed E-state index contributed by atoms with van der Waals surface area (Å²) in [6.45, 7) is 1.38. The Hall–Kier alpha value is -2.24. The van der Waals surface area contributed by atoms with Crippen LogP contribution < -0.4 is 11.1 Å². The fraction of sp³-hybridized carbons (Fsp3) is 0.400. The monoisotopic (exact) mass is 287 g/mol. The highest BCUT2D eigenvalue weighted by Gasteiger charge is 2.33. The third kappa shape index (κ3) is 3.26. The molecule has 1 fully saturated rings. The lowest BCUT2D eigenvalue weighted by atomic mass is 10.0. The smallest absolute Gasteiger partial charge is 0.228 e. The van der Waals surface area contributed by atoms with Gasteiger partial charge in [-0.2, -0.15) is 15.0 Å². The lowest BCUT2D eigenvalue weighted by Crippen LogP contribution is -2.17. The summed E-state index contributed by atoms with van der Waals surface area (Å²) in [4.78, 5) is 12.0. The number of benzene rings is 1. The molecular weight excluding hydrogens is 269 g/mol. The van der Waals surface area contributed by atoms with Gasteiger partial charge in [-0.25, -0.2) is 4.39 Å². The highest BCUT2D eigenvalue weighted by molar-refractivity contribution is 5.37. The van der Waals surface area contributed by atoms with Gasteiger partial charge in [-0.1, -0.05) is 30.3 Å². The molecule has 0 radical (unpaired) electrons. The van der Waals surface area contributed by atoms with Crippen LogP contribution in [0, 0.1) is 5.92 Å². The van der Waals surface area contributed by atoms with Crippen molar-refractivity contribution in [2.45, 2.75) is 32.0 Å². The van der Waals surface area contributed by atoms with Crippen molar-refractivity contribution in [3.05, 3.63) is 41.7 Å². The van der Waals surface area contributed by atoms with Crippen LogP contribution in [0.5, 0.6) is 0 Å². The zero-order chi connectivity index (χ0) is 14.8. The average Bonchev–Trinajstić information content (AvgIpc) is 3.29. The molecule has 3 N–H and O–H groups in total. The molecular formula is C15H18FN5. The Bertz CT molecular complexity index is 613. The minimum atomic E-state index is -1.27. The van der Waals surface area contributed by atoms with Gasteiger partial charge in [0, 0.05) is 0 Å². The lowest BCUT2D eigenvalue weighted by Gasteiger charge is -2.19. The van der Waals surface area contributed by atoms with Gasteiger partial charge < -0.3 is 11.1 Å². The van der Waals surface area contributed by atoms with Crippen LogP contribution in [0.1, 0.15) is 43.4 Å². The van der Waals surface area contributed by atoms with E-state index in [2.05, 4.69) is 32.4 Å². The topological polar surface area (TPSA) is 76.7 Å². The summed E-state index contributed by atoms with van der Waals surface area (Å²) in [5.41, 5.74) is 6.81. The second-order valence-corrected chi connectivity index (χ2v) is 5.36. The molecule has 1 aliphatic carbocycles. The van der Waals surface area contributed by atoms with Gasteiger partial charge in [-0.3, -0.25) is 0 Å². The third-order valence-corrected chi connectivity index (χ3v) is 3.56. The van der Waals surface area contributed by atoms with E-state index >= 15 is 0 Å². The van der Waals surface area contributed by atoms with Crippen LogP contribution >= 0.6 is 0 Å². The standard InChI is InChI=1S/C15H18FN5/c1-9(16)13-19-14(17)21-15(20-13)18-12(11-7-8-11)10-5-3-2-4-6-10/h2-6,9,11-12H,7-8H2,1H3,(H3,17,18,19,20,21). The Morgan fingerprint density at radius 3 is 2.52 bits per heavy atom. The minimum Gasteiger partial charge on any atom is -0.368 e. The largest absolute Gasteiger partial charge is 0.368 e. The van der Waals surface area contributed by atoms with E-state index in [-0.39, 0.29) is 17.8 Å². The Kier molecular flexibility index (Phi) is 3.68. The molecule has 21 heavy (non-hydrogen) atoms. The van der Waals surface area contributed by atoms with E-state index < -0.39 is 6.17 Å². The minimum absolute atomic E-state index is 0.0367. The number of nitrogen functional groups attached to an aromatic ring is 1. The Labute approximate surface area is 122 Å². The van der Waals surface area contributed by atoms with Gasteiger partial charge in [0.05, 0.1) is 6.04 Å². The summed E-state index contributed by atoms with van der Waals surface area (Å²) in [6.07, 6.45) is 1.06. The van der Waals surface area contributed by atoms with E-state index in [1.54, 1.807) is 0 Å². The van der Waals surface area contributed by atoms with Crippen molar-refractivity contribution in [3.8, 4) is 0 Å². The first kappa shape index (κ1) is 13.7. The average molecular weight is 287 g/mol. The molecule has 0 spiro atoms. The zero-order valence-electron chi connectivity index (χ0n) is 11.8. The number of nitrogens with one attached hydrogen (secondary N) is 1.